The molecule has 4 nitrogen and oxygen atoms in total. The minimum Gasteiger partial charge on any atom is -0.453 e. The molecule has 0 unspecified atom stereocenters. The summed E-state index contributed by atoms with van der Waals surface area (Å²) >= 11 is 0. The quantitative estimate of drug-likeness (QED) is 0.629. The van der Waals surface area contributed by atoms with E-state index < -0.39 is 0 Å². The summed E-state index contributed by atoms with van der Waals surface area (Å²) in [5.41, 5.74) is 0.655. The number of benzene rings is 1. The molecule has 0 radical (unpaired) electrons. The molecule has 0 aliphatic heterocycles. The molecule has 1 amide bonds. The van der Waals surface area contributed by atoms with E-state index in [0.29, 0.717) is 5.58 Å². The Morgan fingerprint density at radius 1 is 1.31 bits per heavy atom. The van der Waals surface area contributed by atoms with Crippen molar-refractivity contribution in [2.45, 2.75) is 6.42 Å². The smallest absolute Gasteiger partial charge is 0.227 e. The average Bonchev–Trinajstić information content (AvgIpc) is 2.72. The van der Waals surface area contributed by atoms with E-state index in [-0.39, 0.29) is 23.9 Å². The summed E-state index contributed by atoms with van der Waals surface area (Å²) in [4.78, 5) is 22.7. The summed E-state index contributed by atoms with van der Waals surface area (Å²) in [6.45, 7) is 0. The van der Waals surface area contributed by atoms with Gasteiger partial charge in [-0.2, -0.15) is 0 Å². The average molecular weight is 217 g/mol. The number of Topliss-reactive ketones (excluding diaryl/α,β-unsaturated/α-hetero) is 1. The van der Waals surface area contributed by atoms with Crippen LogP contribution in [0.2, 0.25) is 0 Å². The highest BCUT2D eigenvalue weighted by atomic mass is 16.3. The Morgan fingerprint density at radius 2 is 2.06 bits per heavy atom. The maximum absolute atomic E-state index is 11.6. The van der Waals surface area contributed by atoms with Crippen molar-refractivity contribution < 1.29 is 14.0 Å². The summed E-state index contributed by atoms with van der Waals surface area (Å²) in [5.74, 6) is -0.397. The van der Waals surface area contributed by atoms with Crippen LogP contribution in [-0.2, 0) is 4.79 Å². The molecule has 0 saturated carbocycles. The molecule has 2 aromatic rings. The molecule has 1 N–H and O–H groups in total. The van der Waals surface area contributed by atoms with Crippen LogP contribution in [0.15, 0.2) is 34.7 Å². The normalized spacial score (nSPS) is 10.3. The molecule has 1 aromatic carbocycles. The number of rotatable bonds is 3. The molecule has 1 aromatic heterocycles. The Morgan fingerprint density at radius 3 is 2.75 bits per heavy atom. The third-order valence-electron chi connectivity index (χ3n) is 2.30. The van der Waals surface area contributed by atoms with E-state index in [2.05, 4.69) is 5.32 Å². The van der Waals surface area contributed by atoms with Crippen LogP contribution in [0.25, 0.3) is 11.0 Å². The molecule has 4 heteroatoms. The van der Waals surface area contributed by atoms with Crippen LogP contribution in [-0.4, -0.2) is 18.7 Å². The van der Waals surface area contributed by atoms with Crippen LogP contribution in [0.5, 0.6) is 0 Å². The Kier molecular flexibility index (Phi) is 2.72. The van der Waals surface area contributed by atoms with E-state index >= 15 is 0 Å². The highest BCUT2D eigenvalue weighted by Crippen LogP contribution is 2.19. The van der Waals surface area contributed by atoms with E-state index in [4.69, 9.17) is 4.42 Å². The number of carbonyl (C=O) groups is 2. The summed E-state index contributed by atoms with van der Waals surface area (Å²) < 4.78 is 5.35. The number of amides is 1. The lowest BCUT2D eigenvalue weighted by molar-refractivity contribution is -0.119. The van der Waals surface area contributed by atoms with Gasteiger partial charge in [-0.1, -0.05) is 18.2 Å². The fourth-order valence-corrected chi connectivity index (χ4v) is 1.44. The van der Waals surface area contributed by atoms with Gasteiger partial charge in [0.2, 0.25) is 11.7 Å². The monoisotopic (exact) mass is 217 g/mol. The minimum absolute atomic E-state index is 0.184. The first kappa shape index (κ1) is 10.4. The zero-order valence-corrected chi connectivity index (χ0v) is 8.82. The van der Waals surface area contributed by atoms with Gasteiger partial charge in [0, 0.05) is 12.4 Å². The Labute approximate surface area is 92.2 Å². The third-order valence-corrected chi connectivity index (χ3v) is 2.30. The molecule has 1 heterocycles. The highest BCUT2D eigenvalue weighted by Gasteiger charge is 2.14. The highest BCUT2D eigenvalue weighted by molar-refractivity contribution is 6.07. The summed E-state index contributed by atoms with van der Waals surface area (Å²) in [7, 11) is 1.49. The van der Waals surface area contributed by atoms with Gasteiger partial charge in [0.15, 0.2) is 5.76 Å². The van der Waals surface area contributed by atoms with Crippen molar-refractivity contribution in [2.24, 2.45) is 0 Å². The molecule has 0 atom stereocenters. The first-order valence-corrected chi connectivity index (χ1v) is 4.93. The van der Waals surface area contributed by atoms with E-state index in [1.54, 1.807) is 12.1 Å². The molecule has 82 valence electrons. The Bertz CT molecular complexity index is 509. The fraction of sp³-hybridized carbons (Fsp3) is 0.167. The molecule has 0 aliphatic carbocycles. The number of carbonyl (C=O) groups excluding carboxylic acids is 2. The van der Waals surface area contributed by atoms with Gasteiger partial charge in [-0.25, -0.2) is 0 Å². The molecular formula is C12H11NO3. The van der Waals surface area contributed by atoms with Crippen LogP contribution < -0.4 is 5.32 Å². The van der Waals surface area contributed by atoms with E-state index in [9.17, 15) is 9.59 Å². The van der Waals surface area contributed by atoms with Crippen molar-refractivity contribution in [1.82, 2.24) is 5.32 Å². The summed E-state index contributed by atoms with van der Waals surface area (Å²) in [6.07, 6.45) is -0.184. The van der Waals surface area contributed by atoms with Gasteiger partial charge in [0.25, 0.3) is 0 Å². The maximum Gasteiger partial charge on any atom is 0.227 e. The van der Waals surface area contributed by atoms with Gasteiger partial charge < -0.3 is 9.73 Å². The van der Waals surface area contributed by atoms with Gasteiger partial charge >= 0.3 is 0 Å². The van der Waals surface area contributed by atoms with Gasteiger partial charge in [-0.15, -0.1) is 0 Å². The predicted octanol–water partition coefficient (Wildman–Crippen LogP) is 1.75. The zero-order valence-electron chi connectivity index (χ0n) is 8.82. The van der Waals surface area contributed by atoms with Crippen molar-refractivity contribution in [3.8, 4) is 0 Å². The zero-order chi connectivity index (χ0) is 11.5. The van der Waals surface area contributed by atoms with Gasteiger partial charge in [0.05, 0.1) is 6.42 Å². The van der Waals surface area contributed by atoms with Crippen LogP contribution in [0.3, 0.4) is 0 Å². The molecule has 0 aliphatic rings. The van der Waals surface area contributed by atoms with Gasteiger partial charge in [-0.3, -0.25) is 9.59 Å². The van der Waals surface area contributed by atoms with Crippen LogP contribution >= 0.6 is 0 Å². The van der Waals surface area contributed by atoms with Crippen molar-refractivity contribution in [1.29, 1.82) is 0 Å². The molecular weight excluding hydrogens is 206 g/mol. The number of fused-ring (bicyclic) bond motifs is 1. The molecule has 0 bridgehead atoms. The SMILES string of the molecule is CNC(=O)CC(=O)c1cc2ccccc2o1. The number of nitrogens with one attached hydrogen (secondary N) is 1. The van der Waals surface area contributed by atoms with Crippen molar-refractivity contribution in [3.63, 3.8) is 0 Å². The molecule has 0 saturated heterocycles. The second kappa shape index (κ2) is 4.18. The second-order valence-corrected chi connectivity index (χ2v) is 3.42. The number of hydrogen-bond donors (Lipinski definition) is 1. The van der Waals surface area contributed by atoms with E-state index in [0.717, 1.165) is 5.39 Å². The van der Waals surface area contributed by atoms with Gasteiger partial charge in [0.1, 0.15) is 5.58 Å². The number of para-hydroxylation sites is 1. The molecule has 2 rings (SSSR count). The number of ketones is 1. The lowest BCUT2D eigenvalue weighted by atomic mass is 10.2. The number of hydrogen-bond acceptors (Lipinski definition) is 3. The van der Waals surface area contributed by atoms with E-state index in [1.165, 1.54) is 7.05 Å². The standard InChI is InChI=1S/C12H11NO3/c1-13-12(15)7-9(14)11-6-8-4-2-3-5-10(8)16-11/h2-6H,7H2,1H3,(H,13,15). The lowest BCUT2D eigenvalue weighted by Crippen LogP contribution is -2.21. The number of furan rings is 1. The van der Waals surface area contributed by atoms with Crippen molar-refractivity contribution in [3.05, 3.63) is 36.1 Å². The lowest BCUT2D eigenvalue weighted by Gasteiger charge is -1.95. The molecule has 0 spiro atoms. The Balaban J connectivity index is 2.26. The van der Waals surface area contributed by atoms with Gasteiger partial charge in [-0.05, 0) is 12.1 Å². The third kappa shape index (κ3) is 1.95. The van der Waals surface area contributed by atoms with Crippen molar-refractivity contribution >= 4 is 22.7 Å². The van der Waals surface area contributed by atoms with Crippen LogP contribution in [0.1, 0.15) is 17.0 Å². The summed E-state index contributed by atoms with van der Waals surface area (Å²) in [6, 6.07) is 8.99. The molecule has 0 fully saturated rings. The largest absolute Gasteiger partial charge is 0.453 e. The second-order valence-electron chi connectivity index (χ2n) is 3.42. The van der Waals surface area contributed by atoms with Crippen molar-refractivity contribution in [2.75, 3.05) is 7.05 Å². The molecule has 16 heavy (non-hydrogen) atoms. The summed E-state index contributed by atoms with van der Waals surface area (Å²) in [5, 5.41) is 3.26. The van der Waals surface area contributed by atoms with Crippen LogP contribution in [0.4, 0.5) is 0 Å². The first-order chi connectivity index (χ1) is 7.70. The topological polar surface area (TPSA) is 59.3 Å². The van der Waals surface area contributed by atoms with Crippen LogP contribution in [0, 0.1) is 0 Å². The maximum atomic E-state index is 11.6. The Hall–Kier alpha value is -2.10. The minimum atomic E-state index is -0.314. The fourth-order valence-electron chi connectivity index (χ4n) is 1.44. The predicted molar refractivity (Wildman–Crippen MR) is 59.2 cm³/mol. The van der Waals surface area contributed by atoms with E-state index in [1.807, 2.05) is 18.2 Å². The first-order valence-electron chi connectivity index (χ1n) is 4.93.